The fourth-order valence-corrected chi connectivity index (χ4v) is 2.33. The van der Waals surface area contributed by atoms with Crippen molar-refractivity contribution in [3.8, 4) is 0 Å². The molecule has 3 nitrogen and oxygen atoms in total. The Labute approximate surface area is 98.4 Å². The number of nitrogens with zero attached hydrogens (tertiary/aromatic N) is 1. The Morgan fingerprint density at radius 2 is 1.76 bits per heavy atom. The van der Waals surface area contributed by atoms with Gasteiger partial charge in [-0.15, -0.1) is 0 Å². The molecule has 1 aromatic heterocycles. The number of fused-ring (bicyclic) bond motifs is 3. The van der Waals surface area contributed by atoms with Gasteiger partial charge in [0, 0.05) is 23.4 Å². The Morgan fingerprint density at radius 1 is 1.06 bits per heavy atom. The smallest absolute Gasteiger partial charge is 0.228 e. The van der Waals surface area contributed by atoms with Crippen LogP contribution in [0.5, 0.6) is 0 Å². The molecule has 0 fully saturated rings. The van der Waals surface area contributed by atoms with Crippen molar-refractivity contribution >= 4 is 33.4 Å². The second kappa shape index (κ2) is 3.35. The number of para-hydroxylation sites is 1. The van der Waals surface area contributed by atoms with Gasteiger partial charge in [-0.25, -0.2) is 0 Å². The number of benzene rings is 2. The van der Waals surface area contributed by atoms with Crippen molar-refractivity contribution in [1.29, 1.82) is 0 Å². The molecule has 1 heterocycles. The van der Waals surface area contributed by atoms with E-state index in [2.05, 4.69) is 0 Å². The van der Waals surface area contributed by atoms with E-state index in [4.69, 9.17) is 5.73 Å². The molecule has 3 aromatic rings. The highest BCUT2D eigenvalue weighted by Gasteiger charge is 2.12. The Bertz CT molecular complexity index is 740. The highest BCUT2D eigenvalue weighted by atomic mass is 16.1. The van der Waals surface area contributed by atoms with Crippen LogP contribution in [0, 0.1) is 0 Å². The number of carbonyl (C=O) groups is 1. The molecule has 3 rings (SSSR count). The molecule has 0 atom stereocenters. The van der Waals surface area contributed by atoms with E-state index in [1.165, 1.54) is 0 Å². The number of nitrogens with two attached hydrogens (primary N) is 1. The predicted octanol–water partition coefficient (Wildman–Crippen LogP) is 3.04. The third-order valence-corrected chi connectivity index (χ3v) is 3.01. The summed E-state index contributed by atoms with van der Waals surface area (Å²) in [7, 11) is 0. The summed E-state index contributed by atoms with van der Waals surface area (Å²) >= 11 is 0. The van der Waals surface area contributed by atoms with Gasteiger partial charge in [0.25, 0.3) is 0 Å². The minimum atomic E-state index is 0.0148. The Balaban J connectivity index is 2.62. The zero-order valence-corrected chi connectivity index (χ0v) is 9.47. The number of rotatable bonds is 0. The molecule has 2 N–H and O–H groups in total. The molecule has 0 saturated carbocycles. The lowest BCUT2D eigenvalue weighted by atomic mass is 10.1. The minimum Gasteiger partial charge on any atom is -0.399 e. The van der Waals surface area contributed by atoms with E-state index in [1.54, 1.807) is 11.5 Å². The van der Waals surface area contributed by atoms with Crippen LogP contribution in [0.1, 0.15) is 11.7 Å². The number of anilines is 1. The standard InChI is InChI=1S/C14H12N2O/c1-9(17)16-13-5-3-2-4-11(13)12-8-10(15)6-7-14(12)16/h2-8H,15H2,1H3. The Morgan fingerprint density at radius 3 is 2.53 bits per heavy atom. The maximum Gasteiger partial charge on any atom is 0.228 e. The van der Waals surface area contributed by atoms with Crippen LogP contribution in [0.3, 0.4) is 0 Å². The van der Waals surface area contributed by atoms with E-state index in [0.717, 1.165) is 21.8 Å². The van der Waals surface area contributed by atoms with Crippen LogP contribution in [0.25, 0.3) is 21.8 Å². The molecule has 0 spiro atoms. The molecular weight excluding hydrogens is 212 g/mol. The first-order valence-electron chi connectivity index (χ1n) is 5.48. The van der Waals surface area contributed by atoms with Gasteiger partial charge in [0.05, 0.1) is 11.0 Å². The van der Waals surface area contributed by atoms with Gasteiger partial charge in [0.1, 0.15) is 0 Å². The van der Waals surface area contributed by atoms with E-state index in [0.29, 0.717) is 5.69 Å². The maximum atomic E-state index is 11.8. The minimum absolute atomic E-state index is 0.0148. The van der Waals surface area contributed by atoms with Crippen molar-refractivity contribution in [3.63, 3.8) is 0 Å². The summed E-state index contributed by atoms with van der Waals surface area (Å²) in [5.74, 6) is 0.0148. The first-order chi connectivity index (χ1) is 8.18. The molecule has 0 radical (unpaired) electrons. The first kappa shape index (κ1) is 9.90. The second-order valence-corrected chi connectivity index (χ2v) is 4.15. The summed E-state index contributed by atoms with van der Waals surface area (Å²) < 4.78 is 1.73. The molecule has 17 heavy (non-hydrogen) atoms. The van der Waals surface area contributed by atoms with Crippen LogP contribution in [0.2, 0.25) is 0 Å². The average Bonchev–Trinajstić information content (AvgIpc) is 2.63. The lowest BCUT2D eigenvalue weighted by Crippen LogP contribution is -2.04. The van der Waals surface area contributed by atoms with E-state index in [9.17, 15) is 4.79 Å². The SMILES string of the molecule is CC(=O)n1c2ccccc2c2cc(N)ccc21. The van der Waals surface area contributed by atoms with Gasteiger partial charge in [-0.1, -0.05) is 18.2 Å². The molecule has 3 heteroatoms. The van der Waals surface area contributed by atoms with E-state index in [-0.39, 0.29) is 5.91 Å². The summed E-state index contributed by atoms with van der Waals surface area (Å²) in [6, 6.07) is 13.5. The quantitative estimate of drug-likeness (QED) is 0.596. The number of nitrogen functional groups attached to an aromatic ring is 1. The van der Waals surface area contributed by atoms with E-state index < -0.39 is 0 Å². The molecular formula is C14H12N2O. The van der Waals surface area contributed by atoms with E-state index in [1.807, 2.05) is 42.5 Å². The molecule has 0 saturated heterocycles. The topological polar surface area (TPSA) is 48.0 Å². The number of hydrogen-bond acceptors (Lipinski definition) is 2. The lowest BCUT2D eigenvalue weighted by Gasteiger charge is -2.01. The second-order valence-electron chi connectivity index (χ2n) is 4.15. The molecule has 0 unspecified atom stereocenters. The van der Waals surface area contributed by atoms with Gasteiger partial charge in [-0.05, 0) is 24.3 Å². The maximum absolute atomic E-state index is 11.8. The van der Waals surface area contributed by atoms with Crippen molar-refractivity contribution in [2.45, 2.75) is 6.92 Å². The van der Waals surface area contributed by atoms with Crippen molar-refractivity contribution in [2.24, 2.45) is 0 Å². The highest BCUT2D eigenvalue weighted by molar-refractivity contribution is 6.13. The molecule has 0 aliphatic carbocycles. The predicted molar refractivity (Wildman–Crippen MR) is 70.2 cm³/mol. The molecule has 2 aromatic carbocycles. The van der Waals surface area contributed by atoms with Crippen LogP contribution >= 0.6 is 0 Å². The van der Waals surface area contributed by atoms with Gasteiger partial charge >= 0.3 is 0 Å². The molecule has 0 aliphatic rings. The van der Waals surface area contributed by atoms with Gasteiger partial charge < -0.3 is 5.73 Å². The number of carbonyl (C=O) groups excluding carboxylic acids is 1. The van der Waals surface area contributed by atoms with Gasteiger partial charge in [-0.3, -0.25) is 9.36 Å². The van der Waals surface area contributed by atoms with Crippen LogP contribution in [-0.2, 0) is 0 Å². The molecule has 0 bridgehead atoms. The van der Waals surface area contributed by atoms with Gasteiger partial charge in [0.2, 0.25) is 5.91 Å². The Kier molecular flexibility index (Phi) is 1.95. The van der Waals surface area contributed by atoms with E-state index >= 15 is 0 Å². The molecule has 0 amide bonds. The summed E-state index contributed by atoms with van der Waals surface area (Å²) in [6.07, 6.45) is 0. The third kappa shape index (κ3) is 1.32. The normalized spacial score (nSPS) is 11.1. The van der Waals surface area contributed by atoms with Gasteiger partial charge in [-0.2, -0.15) is 0 Å². The third-order valence-electron chi connectivity index (χ3n) is 3.01. The summed E-state index contributed by atoms with van der Waals surface area (Å²) in [6.45, 7) is 1.57. The van der Waals surface area contributed by atoms with Crippen molar-refractivity contribution < 1.29 is 4.79 Å². The van der Waals surface area contributed by atoms with Crippen LogP contribution < -0.4 is 5.73 Å². The average molecular weight is 224 g/mol. The highest BCUT2D eigenvalue weighted by Crippen LogP contribution is 2.30. The van der Waals surface area contributed by atoms with Crippen molar-refractivity contribution in [2.75, 3.05) is 5.73 Å². The summed E-state index contributed by atoms with van der Waals surface area (Å²) in [5.41, 5.74) is 8.36. The molecule has 0 aliphatic heterocycles. The van der Waals surface area contributed by atoms with Crippen LogP contribution in [0.4, 0.5) is 5.69 Å². The van der Waals surface area contributed by atoms with Crippen molar-refractivity contribution in [1.82, 2.24) is 4.57 Å². The van der Waals surface area contributed by atoms with Crippen LogP contribution in [0.15, 0.2) is 42.5 Å². The summed E-state index contributed by atoms with van der Waals surface area (Å²) in [4.78, 5) is 11.8. The molecule has 84 valence electrons. The van der Waals surface area contributed by atoms with Gasteiger partial charge in [0.15, 0.2) is 0 Å². The number of hydrogen-bond donors (Lipinski definition) is 1. The Hall–Kier alpha value is -2.29. The fraction of sp³-hybridized carbons (Fsp3) is 0.0714. The van der Waals surface area contributed by atoms with Crippen LogP contribution in [-0.4, -0.2) is 10.5 Å². The monoisotopic (exact) mass is 224 g/mol. The number of aromatic nitrogens is 1. The lowest BCUT2D eigenvalue weighted by molar-refractivity contribution is 0.0946. The largest absolute Gasteiger partial charge is 0.399 e. The zero-order valence-electron chi connectivity index (χ0n) is 9.47. The summed E-state index contributed by atoms with van der Waals surface area (Å²) in [5, 5.41) is 2.08. The first-order valence-corrected chi connectivity index (χ1v) is 5.48. The fourth-order valence-electron chi connectivity index (χ4n) is 2.33. The zero-order chi connectivity index (χ0) is 12.0. The van der Waals surface area contributed by atoms with Crippen molar-refractivity contribution in [3.05, 3.63) is 42.5 Å².